The van der Waals surface area contributed by atoms with E-state index in [1.54, 1.807) is 13.8 Å². The summed E-state index contributed by atoms with van der Waals surface area (Å²) in [4.78, 5) is 37.0. The lowest BCUT2D eigenvalue weighted by Gasteiger charge is -2.30. The average molecular weight is 312 g/mol. The largest absolute Gasteiger partial charge is 0.468 e. The van der Waals surface area contributed by atoms with Crippen LogP contribution in [0, 0.1) is 11.3 Å². The first-order valence-electron chi connectivity index (χ1n) is 6.43. The van der Waals surface area contributed by atoms with Crippen molar-refractivity contribution in [3.63, 3.8) is 0 Å². The molecule has 0 aliphatic carbocycles. The van der Waals surface area contributed by atoms with E-state index in [0.717, 1.165) is 4.90 Å². The number of ether oxygens (including phenoxy) is 2. The van der Waals surface area contributed by atoms with Gasteiger partial charge in [0.15, 0.2) is 0 Å². The molecule has 2 heterocycles. The zero-order valence-corrected chi connectivity index (χ0v) is 12.8. The maximum absolute atomic E-state index is 12.2. The number of nitrogens with zero attached hydrogens (tertiary/aromatic N) is 1. The van der Waals surface area contributed by atoms with Gasteiger partial charge in [0, 0.05) is 6.42 Å². The molecule has 0 spiro atoms. The van der Waals surface area contributed by atoms with Crippen LogP contribution in [0.2, 0.25) is 0 Å². The summed E-state index contributed by atoms with van der Waals surface area (Å²) < 4.78 is 9.81. The van der Waals surface area contributed by atoms with E-state index in [-0.39, 0.29) is 35.6 Å². The van der Waals surface area contributed by atoms with Crippen molar-refractivity contribution in [3.8, 4) is 0 Å². The van der Waals surface area contributed by atoms with E-state index in [1.165, 1.54) is 18.9 Å². The summed E-state index contributed by atoms with van der Waals surface area (Å²) in [6.07, 6.45) is -0.289. The van der Waals surface area contributed by atoms with Crippen LogP contribution in [0.1, 0.15) is 20.3 Å². The third-order valence-electron chi connectivity index (χ3n) is 3.10. The number of fused-ring (bicyclic) bond motifs is 1. The van der Waals surface area contributed by atoms with Crippen molar-refractivity contribution >= 4 is 35.4 Å². The van der Waals surface area contributed by atoms with E-state index in [1.807, 2.05) is 0 Å². The minimum absolute atomic E-state index is 0.0170. The normalized spacial score (nSPS) is 21.7. The van der Waals surface area contributed by atoms with Gasteiger partial charge in [-0.1, -0.05) is 11.8 Å². The van der Waals surface area contributed by atoms with Gasteiger partial charge < -0.3 is 9.47 Å². The Balaban J connectivity index is 2.40. The molecule has 114 valence electrons. The first-order valence-corrected chi connectivity index (χ1v) is 7.41. The van der Waals surface area contributed by atoms with E-state index in [0.29, 0.717) is 5.03 Å². The predicted octanol–water partition coefficient (Wildman–Crippen LogP) is 0.895. The van der Waals surface area contributed by atoms with Crippen LogP contribution in [-0.2, 0) is 23.9 Å². The van der Waals surface area contributed by atoms with E-state index in [9.17, 15) is 14.4 Å². The van der Waals surface area contributed by atoms with Crippen LogP contribution >= 0.6 is 11.8 Å². The van der Waals surface area contributed by atoms with E-state index in [2.05, 4.69) is 4.74 Å². The smallest absolute Gasteiger partial charge is 0.336 e. The molecule has 8 heteroatoms. The third-order valence-corrected chi connectivity index (χ3v) is 4.19. The van der Waals surface area contributed by atoms with Crippen molar-refractivity contribution in [3.05, 3.63) is 10.6 Å². The number of esters is 2. The highest BCUT2D eigenvalue weighted by atomic mass is 32.2. The van der Waals surface area contributed by atoms with Crippen molar-refractivity contribution < 1.29 is 23.9 Å². The van der Waals surface area contributed by atoms with Gasteiger partial charge in [0.2, 0.25) is 5.91 Å². The van der Waals surface area contributed by atoms with Crippen molar-refractivity contribution in [2.24, 2.45) is 5.92 Å². The molecule has 2 aliphatic heterocycles. The number of carbonyl (C=O) groups excluding carboxylic acids is 3. The van der Waals surface area contributed by atoms with E-state index < -0.39 is 17.9 Å². The Kier molecular flexibility index (Phi) is 4.36. The number of rotatable bonds is 3. The van der Waals surface area contributed by atoms with Crippen molar-refractivity contribution in [1.29, 1.82) is 5.41 Å². The molecule has 2 aliphatic rings. The molecule has 7 nitrogen and oxygen atoms in total. The maximum Gasteiger partial charge on any atom is 0.336 e. The summed E-state index contributed by atoms with van der Waals surface area (Å²) in [6.45, 7) is 3.44. The summed E-state index contributed by atoms with van der Waals surface area (Å²) in [5.41, 5.74) is 0.256. The molecule has 0 radical (unpaired) electrons. The molecule has 1 amide bonds. The Morgan fingerprint density at radius 1 is 1.43 bits per heavy atom. The van der Waals surface area contributed by atoms with Gasteiger partial charge in [0.1, 0.15) is 11.8 Å². The summed E-state index contributed by atoms with van der Waals surface area (Å²) in [5.74, 6) is -2.48. The zero-order valence-electron chi connectivity index (χ0n) is 12.0. The molecule has 0 bridgehead atoms. The molecule has 1 N–H and O–H groups in total. The molecule has 2 rings (SSSR count). The molecule has 0 aromatic heterocycles. The van der Waals surface area contributed by atoms with Crippen LogP contribution in [0.15, 0.2) is 10.6 Å². The molecule has 0 aromatic carbocycles. The molecular formula is C13H16N2O5S. The molecule has 1 saturated heterocycles. The second-order valence-corrected chi connectivity index (χ2v) is 5.88. The summed E-state index contributed by atoms with van der Waals surface area (Å²) >= 11 is 1.19. The van der Waals surface area contributed by atoms with Gasteiger partial charge >= 0.3 is 11.9 Å². The minimum Gasteiger partial charge on any atom is -0.468 e. The van der Waals surface area contributed by atoms with Crippen LogP contribution in [0.25, 0.3) is 0 Å². The Morgan fingerprint density at radius 3 is 2.67 bits per heavy atom. The summed E-state index contributed by atoms with van der Waals surface area (Å²) in [7, 11) is 1.21. The number of methoxy groups -OCH3 is 1. The van der Waals surface area contributed by atoms with Crippen LogP contribution in [0.4, 0.5) is 0 Å². The predicted molar refractivity (Wildman–Crippen MR) is 75.4 cm³/mol. The van der Waals surface area contributed by atoms with Crippen LogP contribution in [0.3, 0.4) is 0 Å². The lowest BCUT2D eigenvalue weighted by molar-refractivity contribution is -0.144. The van der Waals surface area contributed by atoms with Gasteiger partial charge in [-0.3, -0.25) is 19.9 Å². The number of thioether (sulfide) groups is 1. The van der Waals surface area contributed by atoms with Gasteiger partial charge in [-0.05, 0) is 13.8 Å². The quantitative estimate of drug-likeness (QED) is 0.778. The van der Waals surface area contributed by atoms with E-state index in [4.69, 9.17) is 10.1 Å². The topological polar surface area (TPSA) is 96.8 Å². The maximum atomic E-state index is 12.2. The summed E-state index contributed by atoms with van der Waals surface area (Å²) in [5, 5.41) is 8.41. The SMILES string of the molecule is COC(=O)C1CC(C(=O)OC(C)C)=C2SCC(=O)N2C1=N. The van der Waals surface area contributed by atoms with Crippen molar-refractivity contribution in [1.82, 2.24) is 4.90 Å². The van der Waals surface area contributed by atoms with Crippen LogP contribution < -0.4 is 0 Å². The van der Waals surface area contributed by atoms with Gasteiger partial charge in [0.05, 0.1) is 29.6 Å². The molecule has 1 unspecified atom stereocenters. The second kappa shape index (κ2) is 5.88. The number of amidine groups is 1. The fourth-order valence-electron chi connectivity index (χ4n) is 2.18. The monoisotopic (exact) mass is 312 g/mol. The second-order valence-electron chi connectivity index (χ2n) is 4.92. The minimum atomic E-state index is -0.962. The van der Waals surface area contributed by atoms with Gasteiger partial charge in [-0.25, -0.2) is 4.79 Å². The standard InChI is InChI=1S/C13H16N2O5S/c1-6(2)20-13(18)8-4-7(12(17)19-3)10(14)15-9(16)5-21-11(8)15/h6-7,14H,4-5H2,1-3H3. The first-order chi connectivity index (χ1) is 9.86. The number of amides is 1. The fraction of sp³-hybridized carbons (Fsp3) is 0.538. The van der Waals surface area contributed by atoms with Crippen LogP contribution in [-0.4, -0.2) is 47.5 Å². The fourth-order valence-corrected chi connectivity index (χ4v) is 3.23. The van der Waals surface area contributed by atoms with Crippen molar-refractivity contribution in [2.45, 2.75) is 26.4 Å². The first kappa shape index (κ1) is 15.6. The highest BCUT2D eigenvalue weighted by Gasteiger charge is 2.45. The van der Waals surface area contributed by atoms with Crippen molar-refractivity contribution in [2.75, 3.05) is 12.9 Å². The molecule has 1 atom stereocenters. The lowest BCUT2D eigenvalue weighted by atomic mass is 9.94. The average Bonchev–Trinajstić information content (AvgIpc) is 2.80. The van der Waals surface area contributed by atoms with E-state index >= 15 is 0 Å². The van der Waals surface area contributed by atoms with Gasteiger partial charge in [-0.15, -0.1) is 0 Å². The molecule has 21 heavy (non-hydrogen) atoms. The number of hydrogen-bond donors (Lipinski definition) is 1. The Morgan fingerprint density at radius 2 is 2.10 bits per heavy atom. The number of carbonyl (C=O) groups is 3. The Labute approximate surface area is 126 Å². The lowest BCUT2D eigenvalue weighted by Crippen LogP contribution is -2.44. The zero-order chi connectivity index (χ0) is 15.7. The van der Waals surface area contributed by atoms with Gasteiger partial charge in [-0.2, -0.15) is 0 Å². The van der Waals surface area contributed by atoms with Gasteiger partial charge in [0.25, 0.3) is 0 Å². The highest BCUT2D eigenvalue weighted by Crippen LogP contribution is 2.40. The Hall–Kier alpha value is -1.83. The Bertz CT molecular complexity index is 555. The third kappa shape index (κ3) is 2.80. The summed E-state index contributed by atoms with van der Waals surface area (Å²) in [6, 6.07) is 0. The number of hydrogen-bond acceptors (Lipinski definition) is 7. The molecular weight excluding hydrogens is 296 g/mol. The van der Waals surface area contributed by atoms with Crippen LogP contribution in [0.5, 0.6) is 0 Å². The highest BCUT2D eigenvalue weighted by molar-refractivity contribution is 8.04. The molecule has 1 fully saturated rings. The molecule has 0 aromatic rings. The molecule has 0 saturated carbocycles. The number of nitrogens with one attached hydrogen (secondary N) is 1.